The van der Waals surface area contributed by atoms with Crippen molar-refractivity contribution in [3.63, 3.8) is 0 Å². The fraction of sp³-hybridized carbons (Fsp3) is 0.630. The summed E-state index contributed by atoms with van der Waals surface area (Å²) in [5.74, 6) is 1.26. The molecule has 2 aromatic rings. The highest BCUT2D eigenvalue weighted by Gasteiger charge is 2.51. The number of rotatable bonds is 9. The van der Waals surface area contributed by atoms with Crippen LogP contribution in [0, 0.1) is 17.8 Å². The standard InChI is InChI=1S/C27H35N3O4/c1-2-3-4-7-10-30-25(32)22-9-6-5-8-21(22)24(29-30)26(33)34-17-23(31)28-27-14-18-11-19(15-27)13-20(12-18)16-27/h5-6,8-9,18-20H,2-4,7,10-17H2,1H3,(H,28,31). The molecule has 182 valence electrons. The monoisotopic (exact) mass is 465 g/mol. The highest BCUT2D eigenvalue weighted by Crippen LogP contribution is 2.55. The van der Waals surface area contributed by atoms with Crippen LogP contribution in [0.25, 0.3) is 10.8 Å². The zero-order chi connectivity index (χ0) is 23.7. The molecule has 0 radical (unpaired) electrons. The van der Waals surface area contributed by atoms with Gasteiger partial charge in [-0.1, -0.05) is 44.4 Å². The van der Waals surface area contributed by atoms with E-state index in [-0.39, 0.29) is 29.3 Å². The molecule has 34 heavy (non-hydrogen) atoms. The molecule has 0 spiro atoms. The molecular formula is C27H35N3O4. The largest absolute Gasteiger partial charge is 0.451 e. The minimum absolute atomic E-state index is 0.0910. The fourth-order valence-corrected chi connectivity index (χ4v) is 7.02. The number of nitrogens with one attached hydrogen (secondary N) is 1. The van der Waals surface area contributed by atoms with Crippen molar-refractivity contribution < 1.29 is 14.3 Å². The van der Waals surface area contributed by atoms with Gasteiger partial charge in [-0.3, -0.25) is 9.59 Å². The second-order valence-electron chi connectivity index (χ2n) is 10.8. The van der Waals surface area contributed by atoms with Crippen molar-refractivity contribution in [1.82, 2.24) is 15.1 Å². The van der Waals surface area contributed by atoms with Crippen LogP contribution < -0.4 is 10.9 Å². The van der Waals surface area contributed by atoms with Crippen molar-refractivity contribution in [2.24, 2.45) is 17.8 Å². The number of ether oxygens (including phenoxy) is 1. The molecule has 1 amide bonds. The number of amides is 1. The van der Waals surface area contributed by atoms with Crippen molar-refractivity contribution in [2.75, 3.05) is 6.61 Å². The van der Waals surface area contributed by atoms with E-state index in [9.17, 15) is 14.4 Å². The first-order valence-corrected chi connectivity index (χ1v) is 12.9. The van der Waals surface area contributed by atoms with Crippen molar-refractivity contribution >= 4 is 22.6 Å². The van der Waals surface area contributed by atoms with Crippen LogP contribution in [0.1, 0.15) is 81.6 Å². The molecule has 0 atom stereocenters. The van der Waals surface area contributed by atoms with Crippen LogP contribution in [0.5, 0.6) is 0 Å². The molecule has 0 aliphatic heterocycles. The molecule has 7 heteroatoms. The highest BCUT2D eigenvalue weighted by atomic mass is 16.5. The maximum atomic E-state index is 13.0. The fourth-order valence-electron chi connectivity index (χ4n) is 7.02. The summed E-state index contributed by atoms with van der Waals surface area (Å²) in [5.41, 5.74) is -0.231. The molecule has 1 N–H and O–H groups in total. The number of carbonyl (C=O) groups is 2. The summed E-state index contributed by atoms with van der Waals surface area (Å²) in [4.78, 5) is 38.6. The molecule has 1 aromatic carbocycles. The van der Waals surface area contributed by atoms with Crippen LogP contribution in [0.4, 0.5) is 0 Å². The predicted octanol–water partition coefficient (Wildman–Crippen LogP) is 4.22. The van der Waals surface area contributed by atoms with Crippen LogP contribution >= 0.6 is 0 Å². The Labute approximate surface area is 200 Å². The Bertz CT molecular complexity index is 1100. The lowest BCUT2D eigenvalue weighted by atomic mass is 9.53. The van der Waals surface area contributed by atoms with Crippen LogP contribution in [0.2, 0.25) is 0 Å². The Kier molecular flexibility index (Phi) is 6.45. The summed E-state index contributed by atoms with van der Waals surface area (Å²) >= 11 is 0. The van der Waals surface area contributed by atoms with E-state index in [0.29, 0.717) is 17.3 Å². The maximum Gasteiger partial charge on any atom is 0.359 e. The van der Waals surface area contributed by atoms with Gasteiger partial charge >= 0.3 is 5.97 Å². The van der Waals surface area contributed by atoms with E-state index in [1.807, 2.05) is 0 Å². The normalized spacial score (nSPS) is 27.1. The van der Waals surface area contributed by atoms with Gasteiger partial charge in [-0.05, 0) is 68.8 Å². The third-order valence-electron chi connectivity index (χ3n) is 8.06. The highest BCUT2D eigenvalue weighted by molar-refractivity contribution is 6.02. The molecule has 1 heterocycles. The van der Waals surface area contributed by atoms with Gasteiger partial charge in [0.25, 0.3) is 11.5 Å². The Hall–Kier alpha value is -2.70. The summed E-state index contributed by atoms with van der Waals surface area (Å²) in [7, 11) is 0. The molecule has 4 saturated carbocycles. The van der Waals surface area contributed by atoms with E-state index in [2.05, 4.69) is 17.3 Å². The topological polar surface area (TPSA) is 90.3 Å². The van der Waals surface area contributed by atoms with Gasteiger partial charge in [0, 0.05) is 17.5 Å². The molecule has 4 aliphatic carbocycles. The lowest BCUT2D eigenvalue weighted by molar-refractivity contribution is -0.130. The number of benzene rings is 1. The smallest absolute Gasteiger partial charge is 0.359 e. The number of aromatic nitrogens is 2. The molecule has 0 unspecified atom stereocenters. The van der Waals surface area contributed by atoms with Crippen molar-refractivity contribution in [2.45, 2.75) is 83.2 Å². The Balaban J connectivity index is 1.27. The number of carbonyl (C=O) groups excluding carboxylic acids is 2. The zero-order valence-electron chi connectivity index (χ0n) is 20.1. The number of nitrogens with zero attached hydrogens (tertiary/aromatic N) is 2. The van der Waals surface area contributed by atoms with Gasteiger partial charge in [0.1, 0.15) is 0 Å². The number of esters is 1. The predicted molar refractivity (Wildman–Crippen MR) is 129 cm³/mol. The second kappa shape index (κ2) is 9.51. The van der Waals surface area contributed by atoms with E-state index in [0.717, 1.165) is 62.7 Å². The SMILES string of the molecule is CCCCCCn1nc(C(=O)OCC(=O)NC23CC4CC(CC(C4)C2)C3)c2ccccc2c1=O. The minimum Gasteiger partial charge on any atom is -0.451 e. The zero-order valence-corrected chi connectivity index (χ0v) is 20.1. The van der Waals surface area contributed by atoms with Gasteiger partial charge in [0.2, 0.25) is 0 Å². The first-order chi connectivity index (χ1) is 16.5. The molecule has 4 aliphatic rings. The van der Waals surface area contributed by atoms with Crippen LogP contribution in [0.3, 0.4) is 0 Å². The maximum absolute atomic E-state index is 13.0. The molecule has 0 saturated heterocycles. The second-order valence-corrected chi connectivity index (χ2v) is 10.8. The van der Waals surface area contributed by atoms with Crippen LogP contribution in [-0.2, 0) is 16.1 Å². The quantitative estimate of drug-likeness (QED) is 0.442. The Morgan fingerprint density at radius 3 is 2.32 bits per heavy atom. The van der Waals surface area contributed by atoms with Crippen LogP contribution in [-0.4, -0.2) is 33.8 Å². The van der Waals surface area contributed by atoms with E-state index < -0.39 is 5.97 Å². The van der Waals surface area contributed by atoms with Crippen molar-refractivity contribution in [3.05, 3.63) is 40.3 Å². The lowest BCUT2D eigenvalue weighted by Crippen LogP contribution is -2.60. The summed E-state index contributed by atoms with van der Waals surface area (Å²) < 4.78 is 6.79. The van der Waals surface area contributed by atoms with E-state index >= 15 is 0 Å². The molecule has 1 aromatic heterocycles. The molecule has 4 fully saturated rings. The summed E-state index contributed by atoms with van der Waals surface area (Å²) in [5, 5.41) is 8.50. The number of aryl methyl sites for hydroxylation is 1. The third kappa shape index (κ3) is 4.62. The molecule has 6 rings (SSSR count). The first-order valence-electron chi connectivity index (χ1n) is 12.9. The lowest BCUT2D eigenvalue weighted by Gasteiger charge is -2.56. The summed E-state index contributed by atoms with van der Waals surface area (Å²) in [6.07, 6.45) is 11.1. The number of unbranched alkanes of at least 4 members (excludes halogenated alkanes) is 3. The van der Waals surface area contributed by atoms with Crippen LogP contribution in [0.15, 0.2) is 29.1 Å². The van der Waals surface area contributed by atoms with Crippen molar-refractivity contribution in [3.8, 4) is 0 Å². The average Bonchev–Trinajstić information content (AvgIpc) is 2.80. The van der Waals surface area contributed by atoms with Gasteiger partial charge in [0.15, 0.2) is 12.3 Å². The van der Waals surface area contributed by atoms with Gasteiger partial charge < -0.3 is 10.1 Å². The van der Waals surface area contributed by atoms with Gasteiger partial charge in [-0.2, -0.15) is 5.10 Å². The van der Waals surface area contributed by atoms with E-state index in [4.69, 9.17) is 4.74 Å². The van der Waals surface area contributed by atoms with Gasteiger partial charge in [-0.15, -0.1) is 0 Å². The minimum atomic E-state index is -0.667. The Morgan fingerprint density at radius 1 is 1.03 bits per heavy atom. The van der Waals surface area contributed by atoms with Gasteiger partial charge in [-0.25, -0.2) is 9.48 Å². The third-order valence-corrected chi connectivity index (χ3v) is 8.06. The molecule has 4 bridgehead atoms. The van der Waals surface area contributed by atoms with Gasteiger partial charge in [0.05, 0.1) is 5.39 Å². The van der Waals surface area contributed by atoms with Crippen molar-refractivity contribution in [1.29, 1.82) is 0 Å². The van der Waals surface area contributed by atoms with E-state index in [1.165, 1.54) is 23.9 Å². The molecular weight excluding hydrogens is 430 g/mol. The summed E-state index contributed by atoms with van der Waals surface area (Å²) in [6.45, 7) is 2.26. The number of hydrogen-bond donors (Lipinski definition) is 1. The first kappa shape index (κ1) is 23.1. The Morgan fingerprint density at radius 2 is 1.68 bits per heavy atom. The average molecular weight is 466 g/mol. The van der Waals surface area contributed by atoms with E-state index in [1.54, 1.807) is 24.3 Å². The summed E-state index contributed by atoms with van der Waals surface area (Å²) in [6, 6.07) is 6.96. The molecule has 7 nitrogen and oxygen atoms in total. The number of hydrogen-bond acceptors (Lipinski definition) is 5. The number of fused-ring (bicyclic) bond motifs is 1.